The van der Waals surface area contributed by atoms with Crippen molar-refractivity contribution in [1.29, 1.82) is 0 Å². The minimum atomic E-state index is -0.739. The normalized spacial score (nSPS) is 12.3. The Morgan fingerprint density at radius 3 is 2.36 bits per heavy atom. The van der Waals surface area contributed by atoms with E-state index in [1.165, 1.54) is 6.92 Å². The van der Waals surface area contributed by atoms with Gasteiger partial charge < -0.3 is 11.1 Å². The first-order valence-corrected chi connectivity index (χ1v) is 4.41. The maximum Gasteiger partial charge on any atom is 0.312 e. The second-order valence-electron chi connectivity index (χ2n) is 3.40. The summed E-state index contributed by atoms with van der Waals surface area (Å²) in [6, 6.07) is -1.43. The summed E-state index contributed by atoms with van der Waals surface area (Å²) in [6.45, 7) is 5.85. The average molecular weight is 203 g/mol. The van der Waals surface area contributed by atoms with Crippen molar-refractivity contribution in [3.05, 3.63) is 0 Å². The van der Waals surface area contributed by atoms with Crippen LogP contribution in [0, 0.1) is 5.92 Å². The van der Waals surface area contributed by atoms with Gasteiger partial charge in [0.25, 0.3) is 5.91 Å². The Hall–Kier alpha value is -1.30. The summed E-state index contributed by atoms with van der Waals surface area (Å²) in [5.41, 5.74) is 7.05. The lowest BCUT2D eigenvalue weighted by Gasteiger charge is -2.12. The highest BCUT2D eigenvalue weighted by Crippen LogP contribution is 1.90. The molecule has 0 heterocycles. The van der Waals surface area contributed by atoms with E-state index in [1.807, 2.05) is 13.8 Å². The van der Waals surface area contributed by atoms with Crippen molar-refractivity contribution in [2.75, 3.05) is 6.61 Å². The van der Waals surface area contributed by atoms with Gasteiger partial charge in [0.2, 0.25) is 0 Å². The molecule has 0 aliphatic heterocycles. The average Bonchev–Trinajstić information content (AvgIpc) is 2.01. The molecule has 1 unspecified atom stereocenters. The van der Waals surface area contributed by atoms with Crippen LogP contribution in [0.25, 0.3) is 0 Å². The van der Waals surface area contributed by atoms with E-state index in [-0.39, 0.29) is 0 Å². The van der Waals surface area contributed by atoms with Crippen molar-refractivity contribution < 1.29 is 14.4 Å². The number of nitrogens with two attached hydrogens (primary N) is 1. The third-order valence-corrected chi connectivity index (χ3v) is 1.34. The molecule has 0 rings (SSSR count). The zero-order valence-corrected chi connectivity index (χ0v) is 8.66. The van der Waals surface area contributed by atoms with Gasteiger partial charge in [0.1, 0.15) is 6.04 Å². The highest BCUT2D eigenvalue weighted by Gasteiger charge is 2.13. The van der Waals surface area contributed by atoms with Gasteiger partial charge in [0, 0.05) is 0 Å². The molecule has 0 aromatic heterocycles. The number of hydroxylamine groups is 1. The maximum absolute atomic E-state index is 11.2. The van der Waals surface area contributed by atoms with Gasteiger partial charge in [-0.1, -0.05) is 13.8 Å². The van der Waals surface area contributed by atoms with Crippen molar-refractivity contribution >= 4 is 11.9 Å². The summed E-state index contributed by atoms with van der Waals surface area (Å²) in [5, 5.41) is 2.23. The maximum atomic E-state index is 11.2. The zero-order chi connectivity index (χ0) is 11.1. The molecule has 0 aliphatic rings. The SMILES string of the molecule is CC(C)CONC(=O)C(C)NC(N)=O. The number of hydrogen-bond acceptors (Lipinski definition) is 3. The summed E-state index contributed by atoms with van der Waals surface area (Å²) < 4.78 is 0. The number of primary amides is 1. The van der Waals surface area contributed by atoms with Crippen molar-refractivity contribution in [1.82, 2.24) is 10.8 Å². The van der Waals surface area contributed by atoms with Crippen LogP contribution in [0.4, 0.5) is 4.79 Å². The van der Waals surface area contributed by atoms with Crippen LogP contribution in [0.5, 0.6) is 0 Å². The van der Waals surface area contributed by atoms with E-state index in [0.717, 1.165) is 0 Å². The van der Waals surface area contributed by atoms with Crippen LogP contribution in [0.1, 0.15) is 20.8 Å². The van der Waals surface area contributed by atoms with Gasteiger partial charge in [-0.2, -0.15) is 0 Å². The molecule has 4 N–H and O–H groups in total. The predicted octanol–water partition coefficient (Wildman–Crippen LogP) is -0.253. The molecule has 0 aliphatic carbocycles. The smallest absolute Gasteiger partial charge is 0.312 e. The highest BCUT2D eigenvalue weighted by molar-refractivity contribution is 5.85. The van der Waals surface area contributed by atoms with E-state index in [4.69, 9.17) is 10.6 Å². The molecule has 0 aromatic rings. The summed E-state index contributed by atoms with van der Waals surface area (Å²) in [5.74, 6) is -0.0980. The lowest BCUT2D eigenvalue weighted by atomic mass is 10.2. The summed E-state index contributed by atoms with van der Waals surface area (Å²) in [6.07, 6.45) is 0. The van der Waals surface area contributed by atoms with Crippen molar-refractivity contribution in [2.45, 2.75) is 26.8 Å². The van der Waals surface area contributed by atoms with E-state index in [0.29, 0.717) is 12.5 Å². The zero-order valence-electron chi connectivity index (χ0n) is 8.66. The van der Waals surface area contributed by atoms with Crippen LogP contribution >= 0.6 is 0 Å². The molecule has 6 nitrogen and oxygen atoms in total. The molecule has 3 amide bonds. The third kappa shape index (κ3) is 6.24. The van der Waals surface area contributed by atoms with Crippen LogP contribution in [-0.4, -0.2) is 24.6 Å². The Morgan fingerprint density at radius 2 is 1.93 bits per heavy atom. The predicted molar refractivity (Wildman–Crippen MR) is 51.1 cm³/mol. The summed E-state index contributed by atoms with van der Waals surface area (Å²) in [4.78, 5) is 26.4. The van der Waals surface area contributed by atoms with E-state index in [2.05, 4.69) is 10.8 Å². The summed E-state index contributed by atoms with van der Waals surface area (Å²) in [7, 11) is 0. The molecule has 0 fully saturated rings. The molecule has 0 saturated carbocycles. The van der Waals surface area contributed by atoms with Gasteiger partial charge in [-0.15, -0.1) is 0 Å². The molecule has 14 heavy (non-hydrogen) atoms. The minimum Gasteiger partial charge on any atom is -0.352 e. The first-order chi connectivity index (χ1) is 6.43. The number of amides is 3. The van der Waals surface area contributed by atoms with Gasteiger partial charge in [0.05, 0.1) is 6.61 Å². The lowest BCUT2D eigenvalue weighted by molar-refractivity contribution is -0.135. The molecule has 0 aromatic carbocycles. The van der Waals surface area contributed by atoms with E-state index in [1.54, 1.807) is 0 Å². The Morgan fingerprint density at radius 1 is 1.36 bits per heavy atom. The van der Waals surface area contributed by atoms with E-state index in [9.17, 15) is 9.59 Å². The van der Waals surface area contributed by atoms with Crippen molar-refractivity contribution in [3.63, 3.8) is 0 Å². The monoisotopic (exact) mass is 203 g/mol. The van der Waals surface area contributed by atoms with Gasteiger partial charge >= 0.3 is 6.03 Å². The highest BCUT2D eigenvalue weighted by atomic mass is 16.7. The number of carbonyl (C=O) groups is 2. The molecule has 0 saturated heterocycles. The number of hydrogen-bond donors (Lipinski definition) is 3. The molecule has 0 bridgehead atoms. The Bertz CT molecular complexity index is 206. The second kappa shape index (κ2) is 6.20. The molecule has 0 radical (unpaired) electrons. The standard InChI is InChI=1S/C8H17N3O3/c1-5(2)4-14-11-7(12)6(3)10-8(9)13/h5-6H,4H2,1-3H3,(H,11,12)(H3,9,10,13). The first-order valence-electron chi connectivity index (χ1n) is 4.41. The van der Waals surface area contributed by atoms with Crippen LogP contribution in [0.2, 0.25) is 0 Å². The molecule has 82 valence electrons. The number of nitrogens with one attached hydrogen (secondary N) is 2. The van der Waals surface area contributed by atoms with Gasteiger partial charge in [0.15, 0.2) is 0 Å². The first kappa shape index (κ1) is 12.7. The van der Waals surface area contributed by atoms with Crippen LogP contribution in [0.15, 0.2) is 0 Å². The fourth-order valence-electron chi connectivity index (χ4n) is 0.647. The largest absolute Gasteiger partial charge is 0.352 e. The van der Waals surface area contributed by atoms with Crippen molar-refractivity contribution in [3.8, 4) is 0 Å². The number of urea groups is 1. The quantitative estimate of drug-likeness (QED) is 0.538. The Balaban J connectivity index is 3.67. The molecular weight excluding hydrogens is 186 g/mol. The summed E-state index contributed by atoms with van der Waals surface area (Å²) >= 11 is 0. The van der Waals surface area contributed by atoms with Gasteiger partial charge in [-0.3, -0.25) is 9.63 Å². The van der Waals surface area contributed by atoms with Crippen LogP contribution in [-0.2, 0) is 9.63 Å². The lowest BCUT2D eigenvalue weighted by Crippen LogP contribution is -2.46. The Labute approximate surface area is 83.1 Å². The van der Waals surface area contributed by atoms with Crippen LogP contribution < -0.4 is 16.5 Å². The molecular formula is C8H17N3O3. The number of rotatable bonds is 5. The van der Waals surface area contributed by atoms with Crippen LogP contribution in [0.3, 0.4) is 0 Å². The van der Waals surface area contributed by atoms with E-state index >= 15 is 0 Å². The van der Waals surface area contributed by atoms with Crippen molar-refractivity contribution in [2.24, 2.45) is 11.7 Å². The topological polar surface area (TPSA) is 93.4 Å². The second-order valence-corrected chi connectivity index (χ2v) is 3.40. The number of carbonyl (C=O) groups excluding carboxylic acids is 2. The van der Waals surface area contributed by atoms with Gasteiger partial charge in [-0.05, 0) is 12.8 Å². The fourth-order valence-corrected chi connectivity index (χ4v) is 0.647. The third-order valence-electron chi connectivity index (χ3n) is 1.34. The van der Waals surface area contributed by atoms with E-state index < -0.39 is 18.0 Å². The van der Waals surface area contributed by atoms with Gasteiger partial charge in [-0.25, -0.2) is 10.3 Å². The minimum absolute atomic E-state index is 0.328. The Kier molecular flexibility index (Phi) is 5.62. The molecule has 1 atom stereocenters. The fraction of sp³-hybridized carbons (Fsp3) is 0.750. The molecule has 6 heteroatoms. The molecule has 0 spiro atoms.